The van der Waals surface area contributed by atoms with Gasteiger partial charge in [-0.2, -0.15) is 0 Å². The quantitative estimate of drug-likeness (QED) is 0.915. The van der Waals surface area contributed by atoms with Gasteiger partial charge in [-0.3, -0.25) is 4.79 Å². The number of fused-ring (bicyclic) bond motifs is 1. The number of H-pyrrole nitrogens is 1. The Morgan fingerprint density at radius 3 is 2.65 bits per heavy atom. The largest absolute Gasteiger partial charge is 0.340 e. The minimum atomic E-state index is 0.109. The van der Waals surface area contributed by atoms with Crippen LogP contribution in [0.3, 0.4) is 0 Å². The zero-order valence-corrected chi connectivity index (χ0v) is 16.2. The molecular weight excluding hydrogens is 324 g/mol. The molecule has 3 heterocycles. The summed E-state index contributed by atoms with van der Waals surface area (Å²) < 4.78 is 0. The molecule has 2 aromatic rings. The van der Waals surface area contributed by atoms with Crippen molar-refractivity contribution in [3.8, 4) is 0 Å². The Hall–Kier alpha value is -1.88. The van der Waals surface area contributed by atoms with Crippen LogP contribution in [0.4, 0.5) is 0 Å². The van der Waals surface area contributed by atoms with Gasteiger partial charge in [0.05, 0.1) is 17.1 Å². The third-order valence-electron chi connectivity index (χ3n) is 6.19. The summed E-state index contributed by atoms with van der Waals surface area (Å²) in [7, 11) is 0. The highest BCUT2D eigenvalue weighted by Crippen LogP contribution is 2.34. The van der Waals surface area contributed by atoms with E-state index in [1.165, 1.54) is 5.56 Å². The molecule has 5 nitrogen and oxygen atoms in total. The fourth-order valence-corrected chi connectivity index (χ4v) is 4.56. The van der Waals surface area contributed by atoms with E-state index < -0.39 is 0 Å². The molecule has 2 saturated heterocycles. The predicted molar refractivity (Wildman–Crippen MR) is 104 cm³/mol. The molecule has 0 aliphatic carbocycles. The number of rotatable bonds is 3. The number of benzene rings is 1. The molecule has 5 heteroatoms. The molecule has 1 atom stereocenters. The number of amides is 1. The number of likely N-dealkylation sites (tertiary alicyclic amines) is 2. The van der Waals surface area contributed by atoms with E-state index in [0.29, 0.717) is 11.9 Å². The maximum absolute atomic E-state index is 13.2. The number of hydrogen-bond donors (Lipinski definition) is 1. The van der Waals surface area contributed by atoms with Gasteiger partial charge in [-0.15, -0.1) is 0 Å². The Bertz CT molecular complexity index is 788. The molecule has 2 aliphatic heterocycles. The molecule has 1 N–H and O–H groups in total. The lowest BCUT2D eigenvalue weighted by molar-refractivity contribution is -0.138. The van der Waals surface area contributed by atoms with E-state index in [-0.39, 0.29) is 12.0 Å². The van der Waals surface area contributed by atoms with E-state index in [0.717, 1.165) is 62.2 Å². The number of para-hydroxylation sites is 1. The van der Waals surface area contributed by atoms with Crippen LogP contribution in [0.5, 0.6) is 0 Å². The van der Waals surface area contributed by atoms with Crippen molar-refractivity contribution in [1.82, 2.24) is 19.8 Å². The van der Waals surface area contributed by atoms with Crippen molar-refractivity contribution in [3.05, 3.63) is 29.6 Å². The first-order valence-corrected chi connectivity index (χ1v) is 10.0. The van der Waals surface area contributed by atoms with Crippen LogP contribution in [0.2, 0.25) is 0 Å². The van der Waals surface area contributed by atoms with Gasteiger partial charge in [0.25, 0.3) is 0 Å². The second-order valence-corrected chi connectivity index (χ2v) is 8.19. The number of aromatic amines is 1. The summed E-state index contributed by atoms with van der Waals surface area (Å²) in [6, 6.07) is 6.90. The van der Waals surface area contributed by atoms with Crippen molar-refractivity contribution < 1.29 is 4.79 Å². The summed E-state index contributed by atoms with van der Waals surface area (Å²) in [6.07, 6.45) is 4.05. The molecule has 4 rings (SSSR count). The van der Waals surface area contributed by atoms with E-state index in [4.69, 9.17) is 4.98 Å². The Morgan fingerprint density at radius 2 is 1.96 bits per heavy atom. The highest BCUT2D eigenvalue weighted by atomic mass is 16.2. The number of nitrogens with one attached hydrogen (secondary N) is 1. The normalized spacial score (nSPS) is 22.6. The first-order valence-electron chi connectivity index (χ1n) is 10.0. The second kappa shape index (κ2) is 7.03. The smallest absolute Gasteiger partial charge is 0.226 e. The van der Waals surface area contributed by atoms with E-state index >= 15 is 0 Å². The molecule has 1 aromatic heterocycles. The maximum Gasteiger partial charge on any atom is 0.226 e. The highest BCUT2D eigenvalue weighted by Gasteiger charge is 2.37. The maximum atomic E-state index is 13.2. The Kier molecular flexibility index (Phi) is 4.74. The van der Waals surface area contributed by atoms with E-state index in [1.54, 1.807) is 0 Å². The van der Waals surface area contributed by atoms with Crippen molar-refractivity contribution in [1.29, 1.82) is 0 Å². The van der Waals surface area contributed by atoms with Crippen LogP contribution in [0.25, 0.3) is 11.0 Å². The minimum absolute atomic E-state index is 0.109. The van der Waals surface area contributed by atoms with Gasteiger partial charge >= 0.3 is 0 Å². The average Bonchev–Trinajstić information content (AvgIpc) is 3.28. The Balaban J connectivity index is 1.51. The summed E-state index contributed by atoms with van der Waals surface area (Å²) in [6.45, 7) is 9.51. The van der Waals surface area contributed by atoms with Crippen molar-refractivity contribution in [3.63, 3.8) is 0 Å². The lowest BCUT2D eigenvalue weighted by Crippen LogP contribution is -2.44. The third-order valence-corrected chi connectivity index (χ3v) is 6.19. The lowest BCUT2D eigenvalue weighted by atomic mass is 9.94. The zero-order chi connectivity index (χ0) is 18.3. The molecule has 1 unspecified atom stereocenters. The van der Waals surface area contributed by atoms with Crippen LogP contribution in [0.15, 0.2) is 18.2 Å². The van der Waals surface area contributed by atoms with Crippen molar-refractivity contribution in [2.24, 2.45) is 5.92 Å². The Labute approximate surface area is 155 Å². The van der Waals surface area contributed by atoms with Crippen LogP contribution < -0.4 is 0 Å². The number of hydrogen-bond acceptors (Lipinski definition) is 3. The van der Waals surface area contributed by atoms with Crippen molar-refractivity contribution >= 4 is 16.9 Å². The summed E-state index contributed by atoms with van der Waals surface area (Å²) >= 11 is 0. The fraction of sp³-hybridized carbons (Fsp3) is 0.619. The van der Waals surface area contributed by atoms with Gasteiger partial charge in [0.2, 0.25) is 5.91 Å². The molecule has 1 aromatic carbocycles. The molecule has 140 valence electrons. The average molecular weight is 354 g/mol. The fourth-order valence-electron chi connectivity index (χ4n) is 4.56. The number of aromatic nitrogens is 2. The van der Waals surface area contributed by atoms with Gasteiger partial charge in [0.1, 0.15) is 5.82 Å². The van der Waals surface area contributed by atoms with Gasteiger partial charge in [0, 0.05) is 18.5 Å². The standard InChI is InChI=1S/C21H30N4O/c1-14(2)24-12-9-16(10-13-24)21(26)25-11-5-8-18(25)20-22-17-7-4-6-15(3)19(17)23-20/h4,6-7,14,16,18H,5,8-13H2,1-3H3,(H,22,23). The number of nitrogens with zero attached hydrogens (tertiary/aromatic N) is 3. The zero-order valence-electron chi connectivity index (χ0n) is 16.2. The van der Waals surface area contributed by atoms with Crippen LogP contribution in [0, 0.1) is 12.8 Å². The van der Waals surface area contributed by atoms with Gasteiger partial charge < -0.3 is 14.8 Å². The molecule has 2 aliphatic rings. The van der Waals surface area contributed by atoms with Gasteiger partial charge in [-0.25, -0.2) is 4.98 Å². The monoisotopic (exact) mass is 354 g/mol. The topological polar surface area (TPSA) is 52.2 Å². The lowest BCUT2D eigenvalue weighted by Gasteiger charge is -2.36. The van der Waals surface area contributed by atoms with Gasteiger partial charge in [-0.1, -0.05) is 12.1 Å². The number of aryl methyl sites for hydroxylation is 1. The highest BCUT2D eigenvalue weighted by molar-refractivity contribution is 5.81. The molecule has 26 heavy (non-hydrogen) atoms. The number of imidazole rings is 1. The Morgan fingerprint density at radius 1 is 1.19 bits per heavy atom. The molecule has 0 bridgehead atoms. The first kappa shape index (κ1) is 17.5. The number of carbonyl (C=O) groups is 1. The molecule has 1 amide bonds. The molecular formula is C21H30N4O. The van der Waals surface area contributed by atoms with E-state index in [2.05, 4.69) is 53.8 Å². The van der Waals surface area contributed by atoms with Crippen LogP contribution in [-0.4, -0.2) is 51.4 Å². The SMILES string of the molecule is Cc1cccc2[nH]c(C3CCCN3C(=O)C3CCN(C(C)C)CC3)nc12. The van der Waals surface area contributed by atoms with E-state index in [9.17, 15) is 4.79 Å². The predicted octanol–water partition coefficient (Wildman–Crippen LogP) is 3.66. The van der Waals surface area contributed by atoms with Crippen molar-refractivity contribution in [2.75, 3.05) is 19.6 Å². The summed E-state index contributed by atoms with van der Waals surface area (Å²) in [5.74, 6) is 1.48. The van der Waals surface area contributed by atoms with Crippen LogP contribution >= 0.6 is 0 Å². The minimum Gasteiger partial charge on any atom is -0.340 e. The summed E-state index contributed by atoms with van der Waals surface area (Å²) in [5.41, 5.74) is 3.29. The second-order valence-electron chi connectivity index (χ2n) is 8.19. The molecule has 0 radical (unpaired) electrons. The number of piperidine rings is 1. The molecule has 0 saturated carbocycles. The van der Waals surface area contributed by atoms with Gasteiger partial charge in [0.15, 0.2) is 0 Å². The van der Waals surface area contributed by atoms with Crippen LogP contribution in [0.1, 0.15) is 57.0 Å². The molecule has 2 fully saturated rings. The number of carbonyl (C=O) groups excluding carboxylic acids is 1. The first-order chi connectivity index (χ1) is 12.5. The summed E-state index contributed by atoms with van der Waals surface area (Å²) in [5, 5.41) is 0. The van der Waals surface area contributed by atoms with Crippen molar-refractivity contribution in [2.45, 2.75) is 58.5 Å². The van der Waals surface area contributed by atoms with E-state index in [1.807, 2.05) is 0 Å². The molecule has 0 spiro atoms. The van der Waals surface area contributed by atoms with Gasteiger partial charge in [-0.05, 0) is 71.2 Å². The van der Waals surface area contributed by atoms with Crippen LogP contribution in [-0.2, 0) is 4.79 Å². The third kappa shape index (κ3) is 3.13. The summed E-state index contributed by atoms with van der Waals surface area (Å²) in [4.78, 5) is 26.1.